The molecule has 0 N–H and O–H groups in total. The summed E-state index contributed by atoms with van der Waals surface area (Å²) in [5.41, 5.74) is 1.92. The number of carbonyl (C=O) groups excluding carboxylic acids is 1. The molecule has 1 unspecified atom stereocenters. The van der Waals surface area contributed by atoms with Crippen LogP contribution in [0.25, 0.3) is 11.0 Å². The van der Waals surface area contributed by atoms with Crippen molar-refractivity contribution in [1.29, 1.82) is 5.26 Å². The minimum absolute atomic E-state index is 0.00181. The van der Waals surface area contributed by atoms with Crippen LogP contribution in [0.1, 0.15) is 12.0 Å². The molecule has 2 aliphatic rings. The lowest BCUT2D eigenvalue weighted by Gasteiger charge is -2.27. The Kier molecular flexibility index (Phi) is 4.56. The van der Waals surface area contributed by atoms with Crippen LogP contribution in [0.3, 0.4) is 0 Å². The average Bonchev–Trinajstić information content (AvgIpc) is 3.33. The van der Waals surface area contributed by atoms with Crippen LogP contribution in [-0.2, 0) is 11.2 Å². The number of thioether (sulfide) groups is 1. The molecule has 1 aromatic carbocycles. The Morgan fingerprint density at radius 1 is 1.41 bits per heavy atom. The van der Waals surface area contributed by atoms with E-state index in [1.165, 1.54) is 0 Å². The van der Waals surface area contributed by atoms with Gasteiger partial charge in [-0.2, -0.15) is 5.26 Å². The standard InChI is InChI=1S/C19H17F2N3O2S/c20-19(21)9-15(10-22)24(12-19)17(25)11-23-4-6-27-18(23)8-13-1-2-16-14(7-13)3-5-26-16/h1-7,15,18H,8-9,11-12H2/t15?,18-/m0/s1. The number of likely N-dealkylation sites (tertiary alicyclic amines) is 1. The first kappa shape index (κ1) is 17.9. The van der Waals surface area contributed by atoms with E-state index in [0.717, 1.165) is 21.4 Å². The Labute approximate surface area is 159 Å². The summed E-state index contributed by atoms with van der Waals surface area (Å²) in [6.07, 6.45) is 3.56. The van der Waals surface area contributed by atoms with E-state index in [2.05, 4.69) is 0 Å². The number of furan rings is 1. The summed E-state index contributed by atoms with van der Waals surface area (Å²) < 4.78 is 32.5. The van der Waals surface area contributed by atoms with Crippen LogP contribution in [0.2, 0.25) is 0 Å². The summed E-state index contributed by atoms with van der Waals surface area (Å²) in [4.78, 5) is 15.4. The molecule has 1 aromatic heterocycles. The van der Waals surface area contributed by atoms with Gasteiger partial charge in [0.15, 0.2) is 0 Å². The zero-order chi connectivity index (χ0) is 19.0. The SMILES string of the molecule is N#CC1CC(F)(F)CN1C(=O)CN1C=CS[C@H]1Cc1ccc2occc2c1. The van der Waals surface area contributed by atoms with Crippen LogP contribution >= 0.6 is 11.8 Å². The monoisotopic (exact) mass is 389 g/mol. The second-order valence-electron chi connectivity index (χ2n) is 6.77. The molecule has 2 aliphatic heterocycles. The molecule has 2 aromatic rings. The zero-order valence-electron chi connectivity index (χ0n) is 14.3. The van der Waals surface area contributed by atoms with E-state index < -0.39 is 30.8 Å². The van der Waals surface area contributed by atoms with Gasteiger partial charge in [-0.1, -0.05) is 6.07 Å². The zero-order valence-corrected chi connectivity index (χ0v) is 15.2. The van der Waals surface area contributed by atoms with Gasteiger partial charge in [-0.3, -0.25) is 4.79 Å². The Hall–Kier alpha value is -2.53. The van der Waals surface area contributed by atoms with Gasteiger partial charge in [-0.25, -0.2) is 8.78 Å². The van der Waals surface area contributed by atoms with E-state index in [4.69, 9.17) is 9.68 Å². The number of hydrogen-bond acceptors (Lipinski definition) is 5. The van der Waals surface area contributed by atoms with Crippen LogP contribution in [0.15, 0.2) is 46.6 Å². The van der Waals surface area contributed by atoms with Gasteiger partial charge >= 0.3 is 0 Å². The lowest BCUT2D eigenvalue weighted by molar-refractivity contribution is -0.133. The third-order valence-electron chi connectivity index (χ3n) is 4.84. The van der Waals surface area contributed by atoms with Gasteiger partial charge in [0.05, 0.1) is 30.8 Å². The largest absolute Gasteiger partial charge is 0.464 e. The number of hydrogen-bond donors (Lipinski definition) is 0. The molecule has 0 spiro atoms. The summed E-state index contributed by atoms with van der Waals surface area (Å²) in [6.45, 7) is -0.701. The fraction of sp³-hybridized carbons (Fsp3) is 0.368. The smallest absolute Gasteiger partial charge is 0.268 e. The highest BCUT2D eigenvalue weighted by atomic mass is 32.2. The Morgan fingerprint density at radius 2 is 2.26 bits per heavy atom. The molecule has 140 valence electrons. The van der Waals surface area contributed by atoms with E-state index in [0.29, 0.717) is 6.42 Å². The van der Waals surface area contributed by atoms with Gasteiger partial charge in [-0.15, -0.1) is 11.8 Å². The van der Waals surface area contributed by atoms with E-state index in [1.807, 2.05) is 40.6 Å². The number of benzene rings is 1. The summed E-state index contributed by atoms with van der Waals surface area (Å²) in [6, 6.07) is 8.60. The number of rotatable bonds is 4. The third kappa shape index (κ3) is 3.65. The molecule has 1 amide bonds. The lowest BCUT2D eigenvalue weighted by Crippen LogP contribution is -2.43. The van der Waals surface area contributed by atoms with Crippen molar-refractivity contribution in [1.82, 2.24) is 9.80 Å². The van der Waals surface area contributed by atoms with Crippen molar-refractivity contribution in [2.45, 2.75) is 30.2 Å². The van der Waals surface area contributed by atoms with Crippen molar-refractivity contribution < 1.29 is 18.0 Å². The molecule has 27 heavy (non-hydrogen) atoms. The molecule has 0 aliphatic carbocycles. The second-order valence-corrected chi connectivity index (χ2v) is 7.86. The first-order valence-electron chi connectivity index (χ1n) is 8.56. The summed E-state index contributed by atoms with van der Waals surface area (Å²) >= 11 is 1.58. The molecule has 0 bridgehead atoms. The highest BCUT2D eigenvalue weighted by Crippen LogP contribution is 2.33. The number of fused-ring (bicyclic) bond motifs is 1. The van der Waals surface area contributed by atoms with Crippen LogP contribution in [0.5, 0.6) is 0 Å². The number of amides is 1. The molecule has 4 rings (SSSR count). The van der Waals surface area contributed by atoms with Crippen LogP contribution in [-0.4, -0.2) is 46.1 Å². The molecule has 5 nitrogen and oxygen atoms in total. The van der Waals surface area contributed by atoms with E-state index in [9.17, 15) is 13.6 Å². The predicted octanol–water partition coefficient (Wildman–Crippen LogP) is 3.58. The van der Waals surface area contributed by atoms with E-state index >= 15 is 0 Å². The number of alkyl halides is 2. The maximum absolute atomic E-state index is 13.6. The second kappa shape index (κ2) is 6.89. The Bertz CT molecular complexity index is 936. The van der Waals surface area contributed by atoms with Gasteiger partial charge in [0.1, 0.15) is 11.6 Å². The van der Waals surface area contributed by atoms with Gasteiger partial charge in [0, 0.05) is 24.4 Å². The van der Waals surface area contributed by atoms with Crippen LogP contribution in [0.4, 0.5) is 8.78 Å². The number of halogens is 2. The third-order valence-corrected chi connectivity index (χ3v) is 5.87. The first-order valence-corrected chi connectivity index (χ1v) is 9.50. The quantitative estimate of drug-likeness (QED) is 0.800. The van der Waals surface area contributed by atoms with Gasteiger partial charge in [-0.05, 0) is 29.2 Å². The summed E-state index contributed by atoms with van der Waals surface area (Å²) in [5.74, 6) is -3.44. The van der Waals surface area contributed by atoms with E-state index in [-0.39, 0.29) is 11.9 Å². The highest BCUT2D eigenvalue weighted by Gasteiger charge is 2.47. The van der Waals surface area contributed by atoms with Crippen molar-refractivity contribution >= 4 is 28.6 Å². The van der Waals surface area contributed by atoms with Crippen molar-refractivity contribution in [2.24, 2.45) is 0 Å². The number of carbonyl (C=O) groups is 1. The Morgan fingerprint density at radius 3 is 3.07 bits per heavy atom. The Balaban J connectivity index is 1.43. The van der Waals surface area contributed by atoms with Crippen LogP contribution < -0.4 is 0 Å². The molecule has 3 heterocycles. The predicted molar refractivity (Wildman–Crippen MR) is 97.8 cm³/mol. The number of nitriles is 1. The summed E-state index contributed by atoms with van der Waals surface area (Å²) in [5, 5.41) is 12.0. The molecule has 1 saturated heterocycles. The summed E-state index contributed by atoms with van der Waals surface area (Å²) in [7, 11) is 0. The van der Waals surface area contributed by atoms with Crippen molar-refractivity contribution in [3.63, 3.8) is 0 Å². The molecule has 8 heteroatoms. The molecular weight excluding hydrogens is 372 g/mol. The number of nitrogens with zero attached hydrogens (tertiary/aromatic N) is 3. The molecule has 0 radical (unpaired) electrons. The van der Waals surface area contributed by atoms with Gasteiger partial charge < -0.3 is 14.2 Å². The average molecular weight is 389 g/mol. The van der Waals surface area contributed by atoms with E-state index in [1.54, 1.807) is 24.2 Å². The minimum Gasteiger partial charge on any atom is -0.464 e. The molecule has 1 fully saturated rings. The van der Waals surface area contributed by atoms with Gasteiger partial charge in [0.2, 0.25) is 5.91 Å². The highest BCUT2D eigenvalue weighted by molar-refractivity contribution is 8.02. The fourth-order valence-electron chi connectivity index (χ4n) is 3.48. The minimum atomic E-state index is -2.99. The van der Waals surface area contributed by atoms with Crippen LogP contribution in [0, 0.1) is 11.3 Å². The fourth-order valence-corrected chi connectivity index (χ4v) is 4.48. The molecule has 2 atom stereocenters. The van der Waals surface area contributed by atoms with Crippen molar-refractivity contribution in [3.05, 3.63) is 47.7 Å². The van der Waals surface area contributed by atoms with Crippen molar-refractivity contribution in [2.75, 3.05) is 13.1 Å². The normalized spacial score (nSPS) is 23.9. The maximum Gasteiger partial charge on any atom is 0.268 e. The lowest BCUT2D eigenvalue weighted by atomic mass is 10.1. The topological polar surface area (TPSA) is 60.5 Å². The maximum atomic E-state index is 13.6. The molecular formula is C19H17F2N3O2S. The van der Waals surface area contributed by atoms with Crippen molar-refractivity contribution in [3.8, 4) is 6.07 Å². The van der Waals surface area contributed by atoms with Gasteiger partial charge in [0.25, 0.3) is 5.92 Å². The molecule has 0 saturated carbocycles. The first-order chi connectivity index (χ1) is 12.9.